The van der Waals surface area contributed by atoms with Gasteiger partial charge in [0.2, 0.25) is 0 Å². The lowest BCUT2D eigenvalue weighted by molar-refractivity contribution is -0.143. The first-order valence-corrected chi connectivity index (χ1v) is 7.28. The highest BCUT2D eigenvalue weighted by molar-refractivity contribution is 5.99. The predicted molar refractivity (Wildman–Crippen MR) is 77.7 cm³/mol. The van der Waals surface area contributed by atoms with Crippen LogP contribution in [0.15, 0.2) is 18.2 Å². The Balaban J connectivity index is 2.07. The molecule has 112 valence electrons. The summed E-state index contributed by atoms with van der Waals surface area (Å²) >= 11 is 0. The SMILES string of the molecule is CC1Oc2ccc(C3(C(=O)O)CCCC3)cc2N(C)C1=O. The molecule has 5 heteroatoms. The number of anilines is 1. The molecule has 1 saturated carbocycles. The zero-order valence-electron chi connectivity index (χ0n) is 12.3. The number of ether oxygens (including phenoxy) is 1. The molecule has 0 radical (unpaired) electrons. The molecule has 1 aliphatic carbocycles. The zero-order chi connectivity index (χ0) is 15.2. The van der Waals surface area contributed by atoms with Crippen LogP contribution in [0.3, 0.4) is 0 Å². The van der Waals surface area contributed by atoms with Gasteiger partial charge in [0.05, 0.1) is 11.1 Å². The first-order chi connectivity index (χ1) is 9.95. The second-order valence-corrected chi connectivity index (χ2v) is 5.93. The van der Waals surface area contributed by atoms with E-state index in [1.165, 1.54) is 0 Å². The summed E-state index contributed by atoms with van der Waals surface area (Å²) in [7, 11) is 1.70. The molecule has 5 nitrogen and oxygen atoms in total. The summed E-state index contributed by atoms with van der Waals surface area (Å²) in [6.07, 6.45) is 2.64. The predicted octanol–water partition coefficient (Wildman–Crippen LogP) is 2.33. The molecule has 3 rings (SSSR count). The standard InChI is InChI=1S/C16H19NO4/c1-10-14(18)17(2)12-9-11(5-6-13(12)21-10)16(15(19)20)7-3-4-8-16/h5-6,9-10H,3-4,7-8H2,1-2H3,(H,19,20). The van der Waals surface area contributed by atoms with Crippen molar-refractivity contribution >= 4 is 17.6 Å². The molecule has 0 bridgehead atoms. The fraction of sp³-hybridized carbons (Fsp3) is 0.500. The lowest BCUT2D eigenvalue weighted by atomic mass is 9.78. The van der Waals surface area contributed by atoms with Crippen molar-refractivity contribution in [2.45, 2.75) is 44.1 Å². The monoisotopic (exact) mass is 289 g/mol. The summed E-state index contributed by atoms with van der Waals surface area (Å²) in [4.78, 5) is 25.3. The Morgan fingerprint density at radius 3 is 2.67 bits per heavy atom. The van der Waals surface area contributed by atoms with Crippen LogP contribution in [-0.4, -0.2) is 30.1 Å². The highest BCUT2D eigenvalue weighted by atomic mass is 16.5. The summed E-state index contributed by atoms with van der Waals surface area (Å²) in [5, 5.41) is 9.67. The van der Waals surface area contributed by atoms with Crippen LogP contribution in [0, 0.1) is 0 Å². The molecule has 1 heterocycles. The Bertz CT molecular complexity index is 604. The summed E-state index contributed by atoms with van der Waals surface area (Å²) in [5.74, 6) is -0.263. The highest BCUT2D eigenvalue weighted by Crippen LogP contribution is 2.44. The number of carbonyl (C=O) groups is 2. The topological polar surface area (TPSA) is 66.8 Å². The Labute approximate surface area is 123 Å². The number of hydrogen-bond acceptors (Lipinski definition) is 3. The average molecular weight is 289 g/mol. The molecule has 1 aromatic carbocycles. The molecular formula is C16H19NO4. The van der Waals surface area contributed by atoms with Gasteiger partial charge in [-0.25, -0.2) is 0 Å². The summed E-state index contributed by atoms with van der Waals surface area (Å²) in [5.41, 5.74) is 0.606. The van der Waals surface area contributed by atoms with Gasteiger partial charge < -0.3 is 14.7 Å². The zero-order valence-corrected chi connectivity index (χ0v) is 12.3. The number of carboxylic acids is 1. The molecule has 1 amide bonds. The molecule has 1 aliphatic heterocycles. The maximum atomic E-state index is 12.0. The van der Waals surface area contributed by atoms with E-state index in [1.54, 1.807) is 31.0 Å². The molecule has 21 heavy (non-hydrogen) atoms. The Morgan fingerprint density at radius 1 is 1.38 bits per heavy atom. The number of fused-ring (bicyclic) bond motifs is 1. The normalized spacial score (nSPS) is 23.6. The van der Waals surface area contributed by atoms with E-state index in [-0.39, 0.29) is 5.91 Å². The van der Waals surface area contributed by atoms with E-state index < -0.39 is 17.5 Å². The van der Waals surface area contributed by atoms with Crippen LogP contribution in [0.25, 0.3) is 0 Å². The number of benzene rings is 1. The third-order valence-corrected chi connectivity index (χ3v) is 4.72. The molecule has 0 aromatic heterocycles. The van der Waals surface area contributed by atoms with Gasteiger partial charge in [0, 0.05) is 7.05 Å². The number of rotatable bonds is 2. The van der Waals surface area contributed by atoms with Crippen LogP contribution < -0.4 is 9.64 Å². The summed E-state index contributed by atoms with van der Waals surface area (Å²) < 4.78 is 5.59. The molecule has 0 spiro atoms. The molecule has 1 unspecified atom stereocenters. The Hall–Kier alpha value is -2.04. The van der Waals surface area contributed by atoms with Gasteiger partial charge in [0.25, 0.3) is 5.91 Å². The number of carboxylic acid groups (broad SMARTS) is 1. The second-order valence-electron chi connectivity index (χ2n) is 5.93. The number of carbonyl (C=O) groups excluding carboxylic acids is 1. The number of amides is 1. The summed E-state index contributed by atoms with van der Waals surface area (Å²) in [6, 6.07) is 5.42. The van der Waals surface area contributed by atoms with Gasteiger partial charge in [-0.15, -0.1) is 0 Å². The Morgan fingerprint density at radius 2 is 2.05 bits per heavy atom. The molecular weight excluding hydrogens is 270 g/mol. The molecule has 1 N–H and O–H groups in total. The minimum absolute atomic E-state index is 0.115. The van der Waals surface area contributed by atoms with Crippen molar-refractivity contribution in [3.8, 4) is 5.75 Å². The van der Waals surface area contributed by atoms with Gasteiger partial charge in [-0.05, 0) is 37.5 Å². The van der Waals surface area contributed by atoms with Crippen LogP contribution in [0.2, 0.25) is 0 Å². The third kappa shape index (κ3) is 1.99. The van der Waals surface area contributed by atoms with E-state index in [0.717, 1.165) is 18.4 Å². The van der Waals surface area contributed by atoms with Gasteiger partial charge in [-0.2, -0.15) is 0 Å². The van der Waals surface area contributed by atoms with Crippen LogP contribution in [-0.2, 0) is 15.0 Å². The summed E-state index contributed by atoms with van der Waals surface area (Å²) in [6.45, 7) is 1.71. The first-order valence-electron chi connectivity index (χ1n) is 7.28. The lowest BCUT2D eigenvalue weighted by Gasteiger charge is -2.32. The van der Waals surface area contributed by atoms with E-state index in [0.29, 0.717) is 24.3 Å². The number of aliphatic carboxylic acids is 1. The maximum Gasteiger partial charge on any atom is 0.314 e. The highest BCUT2D eigenvalue weighted by Gasteiger charge is 2.43. The van der Waals surface area contributed by atoms with E-state index in [9.17, 15) is 14.7 Å². The molecule has 1 fully saturated rings. The van der Waals surface area contributed by atoms with Gasteiger partial charge in [-0.3, -0.25) is 9.59 Å². The third-order valence-electron chi connectivity index (χ3n) is 4.72. The van der Waals surface area contributed by atoms with E-state index in [2.05, 4.69) is 0 Å². The molecule has 2 aliphatic rings. The van der Waals surface area contributed by atoms with E-state index in [1.807, 2.05) is 6.07 Å². The van der Waals surface area contributed by atoms with Crippen molar-refractivity contribution in [1.29, 1.82) is 0 Å². The van der Waals surface area contributed by atoms with Crippen LogP contribution in [0.4, 0.5) is 5.69 Å². The van der Waals surface area contributed by atoms with Gasteiger partial charge in [0.15, 0.2) is 6.10 Å². The van der Waals surface area contributed by atoms with Crippen molar-refractivity contribution in [2.75, 3.05) is 11.9 Å². The number of hydrogen-bond donors (Lipinski definition) is 1. The van der Waals surface area contributed by atoms with Crippen LogP contribution in [0.1, 0.15) is 38.2 Å². The molecule has 1 aromatic rings. The average Bonchev–Trinajstić information content (AvgIpc) is 2.95. The lowest BCUT2D eigenvalue weighted by Crippen LogP contribution is -2.42. The number of likely N-dealkylation sites (N-methyl/N-ethyl adjacent to an activating group) is 1. The maximum absolute atomic E-state index is 12.0. The smallest absolute Gasteiger partial charge is 0.314 e. The van der Waals surface area contributed by atoms with Gasteiger partial charge >= 0.3 is 5.97 Å². The quantitative estimate of drug-likeness (QED) is 0.907. The molecule has 1 atom stereocenters. The molecule has 0 saturated heterocycles. The fourth-order valence-electron chi connectivity index (χ4n) is 3.41. The van der Waals surface area contributed by atoms with Crippen molar-refractivity contribution < 1.29 is 19.4 Å². The largest absolute Gasteiger partial charge is 0.481 e. The van der Waals surface area contributed by atoms with E-state index >= 15 is 0 Å². The van der Waals surface area contributed by atoms with Crippen molar-refractivity contribution in [3.63, 3.8) is 0 Å². The minimum Gasteiger partial charge on any atom is -0.481 e. The van der Waals surface area contributed by atoms with Gasteiger partial charge in [0.1, 0.15) is 5.75 Å². The van der Waals surface area contributed by atoms with Crippen molar-refractivity contribution in [3.05, 3.63) is 23.8 Å². The Kier molecular flexibility index (Phi) is 3.15. The fourth-order valence-corrected chi connectivity index (χ4v) is 3.41. The van der Waals surface area contributed by atoms with Gasteiger partial charge in [-0.1, -0.05) is 18.9 Å². The second kappa shape index (κ2) is 4.76. The minimum atomic E-state index is -0.817. The van der Waals surface area contributed by atoms with Crippen LogP contribution >= 0.6 is 0 Å². The number of nitrogens with zero attached hydrogens (tertiary/aromatic N) is 1. The van der Waals surface area contributed by atoms with E-state index in [4.69, 9.17) is 4.74 Å². The first kappa shape index (κ1) is 13.9. The van der Waals surface area contributed by atoms with Crippen LogP contribution in [0.5, 0.6) is 5.75 Å². The van der Waals surface area contributed by atoms with Crippen molar-refractivity contribution in [2.24, 2.45) is 0 Å². The van der Waals surface area contributed by atoms with Crippen molar-refractivity contribution in [1.82, 2.24) is 0 Å².